The first-order chi connectivity index (χ1) is 8.66. The molecular formula is C12H15N5O. The molecule has 94 valence electrons. The predicted molar refractivity (Wildman–Crippen MR) is 67.8 cm³/mol. The number of carbonyl (C=O) groups is 1. The lowest BCUT2D eigenvalue weighted by atomic mass is 10.2. The number of pyridine rings is 1. The molecule has 0 aliphatic rings. The van der Waals surface area contributed by atoms with Gasteiger partial charge in [-0.1, -0.05) is 0 Å². The molecule has 6 nitrogen and oxygen atoms in total. The van der Waals surface area contributed by atoms with E-state index in [0.717, 1.165) is 0 Å². The fourth-order valence-corrected chi connectivity index (χ4v) is 1.66. The van der Waals surface area contributed by atoms with E-state index in [2.05, 4.69) is 15.3 Å². The highest BCUT2D eigenvalue weighted by Gasteiger charge is 2.13. The van der Waals surface area contributed by atoms with Gasteiger partial charge < -0.3 is 15.6 Å². The molecular weight excluding hydrogens is 230 g/mol. The van der Waals surface area contributed by atoms with Crippen molar-refractivity contribution >= 4 is 11.6 Å². The van der Waals surface area contributed by atoms with Gasteiger partial charge in [0.1, 0.15) is 0 Å². The van der Waals surface area contributed by atoms with Gasteiger partial charge in [0.25, 0.3) is 5.91 Å². The summed E-state index contributed by atoms with van der Waals surface area (Å²) in [6.45, 7) is 2.56. The van der Waals surface area contributed by atoms with Gasteiger partial charge in [-0.25, -0.2) is 9.97 Å². The average molecular weight is 245 g/mol. The van der Waals surface area contributed by atoms with Crippen LogP contribution >= 0.6 is 0 Å². The Bertz CT molecular complexity index is 523. The highest BCUT2D eigenvalue weighted by atomic mass is 16.2. The summed E-state index contributed by atoms with van der Waals surface area (Å²) in [7, 11) is 0. The van der Waals surface area contributed by atoms with E-state index in [1.165, 1.54) is 0 Å². The second-order valence-corrected chi connectivity index (χ2v) is 4.08. The van der Waals surface area contributed by atoms with E-state index in [9.17, 15) is 4.79 Å². The molecule has 1 unspecified atom stereocenters. The molecule has 0 spiro atoms. The van der Waals surface area contributed by atoms with Gasteiger partial charge in [-0.2, -0.15) is 0 Å². The van der Waals surface area contributed by atoms with Crippen LogP contribution in [0.4, 0.5) is 5.69 Å². The van der Waals surface area contributed by atoms with Crippen LogP contribution in [0.5, 0.6) is 0 Å². The molecule has 2 heterocycles. The first-order valence-corrected chi connectivity index (χ1v) is 5.64. The topological polar surface area (TPSA) is 85.8 Å². The van der Waals surface area contributed by atoms with Crippen molar-refractivity contribution in [2.45, 2.75) is 19.5 Å². The van der Waals surface area contributed by atoms with Crippen molar-refractivity contribution in [1.29, 1.82) is 0 Å². The molecule has 0 aliphatic carbocycles. The number of hydrogen-bond donors (Lipinski definition) is 2. The third kappa shape index (κ3) is 2.85. The lowest BCUT2D eigenvalue weighted by Crippen LogP contribution is -2.36. The number of nitrogens with zero attached hydrogens (tertiary/aromatic N) is 3. The molecule has 18 heavy (non-hydrogen) atoms. The SMILES string of the molecule is CC(Cn1ccnc1)NC(=O)c1ncccc1N. The highest BCUT2D eigenvalue weighted by molar-refractivity contribution is 5.97. The smallest absolute Gasteiger partial charge is 0.272 e. The van der Waals surface area contributed by atoms with Gasteiger partial charge in [0.05, 0.1) is 12.0 Å². The van der Waals surface area contributed by atoms with Gasteiger partial charge in [-0.15, -0.1) is 0 Å². The lowest BCUT2D eigenvalue weighted by molar-refractivity contribution is 0.0932. The zero-order valence-corrected chi connectivity index (χ0v) is 10.1. The monoisotopic (exact) mass is 245 g/mol. The van der Waals surface area contributed by atoms with Crippen molar-refractivity contribution in [1.82, 2.24) is 19.9 Å². The van der Waals surface area contributed by atoms with Crippen LogP contribution in [0.25, 0.3) is 0 Å². The van der Waals surface area contributed by atoms with Crippen molar-refractivity contribution in [3.8, 4) is 0 Å². The number of nitrogens with one attached hydrogen (secondary N) is 1. The molecule has 3 N–H and O–H groups in total. The minimum atomic E-state index is -0.263. The summed E-state index contributed by atoms with van der Waals surface area (Å²) < 4.78 is 1.90. The molecule has 0 aromatic carbocycles. The van der Waals surface area contributed by atoms with Gasteiger partial charge >= 0.3 is 0 Å². The zero-order chi connectivity index (χ0) is 13.0. The molecule has 0 bridgehead atoms. The Balaban J connectivity index is 1.97. The summed E-state index contributed by atoms with van der Waals surface area (Å²) in [6.07, 6.45) is 6.80. The van der Waals surface area contributed by atoms with Crippen LogP contribution in [0.2, 0.25) is 0 Å². The van der Waals surface area contributed by atoms with Crippen molar-refractivity contribution < 1.29 is 4.79 Å². The maximum atomic E-state index is 11.9. The molecule has 0 saturated carbocycles. The van der Waals surface area contributed by atoms with Gasteiger partial charge in [0.15, 0.2) is 5.69 Å². The Labute approximate surface area is 105 Å². The molecule has 0 fully saturated rings. The molecule has 0 radical (unpaired) electrons. The second-order valence-electron chi connectivity index (χ2n) is 4.08. The molecule has 1 atom stereocenters. The standard InChI is InChI=1S/C12H15N5O/c1-9(7-17-6-5-14-8-17)16-12(18)11-10(13)3-2-4-15-11/h2-6,8-9H,7,13H2,1H3,(H,16,18). The number of carbonyl (C=O) groups excluding carboxylic acids is 1. The molecule has 2 rings (SSSR count). The fraction of sp³-hybridized carbons (Fsp3) is 0.250. The van der Waals surface area contributed by atoms with Gasteiger partial charge in [0.2, 0.25) is 0 Å². The first kappa shape index (κ1) is 12.1. The van der Waals surface area contributed by atoms with Crippen molar-refractivity contribution in [3.63, 3.8) is 0 Å². The average Bonchev–Trinajstić information content (AvgIpc) is 2.82. The van der Waals surface area contributed by atoms with Crippen LogP contribution in [-0.2, 0) is 6.54 Å². The number of aromatic nitrogens is 3. The van der Waals surface area contributed by atoms with Crippen LogP contribution < -0.4 is 11.1 Å². The number of amides is 1. The highest BCUT2D eigenvalue weighted by Crippen LogP contribution is 2.06. The summed E-state index contributed by atoms with van der Waals surface area (Å²) in [6, 6.07) is 3.32. The van der Waals surface area contributed by atoms with E-state index in [0.29, 0.717) is 12.2 Å². The van der Waals surface area contributed by atoms with Gasteiger partial charge in [0, 0.05) is 31.2 Å². The summed E-state index contributed by atoms with van der Waals surface area (Å²) in [5.74, 6) is -0.263. The van der Waals surface area contributed by atoms with E-state index >= 15 is 0 Å². The maximum absolute atomic E-state index is 11.9. The van der Waals surface area contributed by atoms with E-state index in [4.69, 9.17) is 5.73 Å². The van der Waals surface area contributed by atoms with E-state index in [1.54, 1.807) is 30.9 Å². The Hall–Kier alpha value is -2.37. The van der Waals surface area contributed by atoms with Crippen LogP contribution in [-0.4, -0.2) is 26.5 Å². The van der Waals surface area contributed by atoms with E-state index < -0.39 is 0 Å². The quantitative estimate of drug-likeness (QED) is 0.829. The first-order valence-electron chi connectivity index (χ1n) is 5.64. The maximum Gasteiger partial charge on any atom is 0.272 e. The minimum absolute atomic E-state index is 0.0342. The van der Waals surface area contributed by atoms with Gasteiger partial charge in [-0.05, 0) is 19.1 Å². The third-order valence-electron chi connectivity index (χ3n) is 2.48. The van der Waals surface area contributed by atoms with Gasteiger partial charge in [-0.3, -0.25) is 4.79 Å². The van der Waals surface area contributed by atoms with Crippen LogP contribution in [0.1, 0.15) is 17.4 Å². The van der Waals surface area contributed by atoms with Crippen LogP contribution in [0.15, 0.2) is 37.1 Å². The number of nitrogens with two attached hydrogens (primary N) is 1. The molecule has 2 aromatic heterocycles. The predicted octanol–water partition coefficient (Wildman–Crippen LogP) is 0.679. The number of anilines is 1. The third-order valence-corrected chi connectivity index (χ3v) is 2.48. The summed E-state index contributed by atoms with van der Waals surface area (Å²) in [4.78, 5) is 19.8. The molecule has 1 amide bonds. The Morgan fingerprint density at radius 1 is 1.56 bits per heavy atom. The number of nitrogen functional groups attached to an aromatic ring is 1. The molecule has 6 heteroatoms. The second kappa shape index (κ2) is 5.31. The number of hydrogen-bond acceptors (Lipinski definition) is 4. The lowest BCUT2D eigenvalue weighted by Gasteiger charge is -2.14. The summed E-state index contributed by atoms with van der Waals surface area (Å²) in [5, 5.41) is 2.85. The van der Waals surface area contributed by atoms with Crippen molar-refractivity contribution in [2.24, 2.45) is 0 Å². The van der Waals surface area contributed by atoms with E-state index in [-0.39, 0.29) is 17.6 Å². The minimum Gasteiger partial charge on any atom is -0.397 e. The summed E-state index contributed by atoms with van der Waals surface area (Å²) in [5.41, 5.74) is 6.33. The van der Waals surface area contributed by atoms with Crippen LogP contribution in [0.3, 0.4) is 0 Å². The number of imidazole rings is 1. The van der Waals surface area contributed by atoms with Crippen LogP contribution in [0, 0.1) is 0 Å². The number of rotatable bonds is 4. The molecule has 0 aliphatic heterocycles. The zero-order valence-electron chi connectivity index (χ0n) is 10.1. The Morgan fingerprint density at radius 3 is 3.06 bits per heavy atom. The van der Waals surface area contributed by atoms with Crippen molar-refractivity contribution in [2.75, 3.05) is 5.73 Å². The molecule has 2 aromatic rings. The Morgan fingerprint density at radius 2 is 2.39 bits per heavy atom. The normalized spacial score (nSPS) is 12.1. The molecule has 0 saturated heterocycles. The summed E-state index contributed by atoms with van der Waals surface area (Å²) >= 11 is 0. The fourth-order valence-electron chi connectivity index (χ4n) is 1.66. The van der Waals surface area contributed by atoms with E-state index in [1.807, 2.05) is 17.7 Å². The largest absolute Gasteiger partial charge is 0.397 e. The Kier molecular flexibility index (Phi) is 3.57. The van der Waals surface area contributed by atoms with Crippen molar-refractivity contribution in [3.05, 3.63) is 42.7 Å².